The van der Waals surface area contributed by atoms with Gasteiger partial charge in [0.1, 0.15) is 10.6 Å². The van der Waals surface area contributed by atoms with E-state index in [2.05, 4.69) is 4.72 Å². The van der Waals surface area contributed by atoms with E-state index in [1.54, 1.807) is 30.3 Å². The highest BCUT2D eigenvalue weighted by atomic mass is 35.5. The molecule has 0 amide bonds. The normalized spacial score (nSPS) is 11.6. The number of rotatable bonds is 7. The maximum absolute atomic E-state index is 12.6. The van der Waals surface area contributed by atoms with Gasteiger partial charge < -0.3 is 9.84 Å². The van der Waals surface area contributed by atoms with Gasteiger partial charge in [-0.15, -0.1) is 0 Å². The summed E-state index contributed by atoms with van der Waals surface area (Å²) in [6, 6.07) is 11.3. The number of methoxy groups -OCH3 is 1. The van der Waals surface area contributed by atoms with Gasteiger partial charge in [0, 0.05) is 17.6 Å². The lowest BCUT2D eigenvalue weighted by Crippen LogP contribution is -2.24. The third-order valence-electron chi connectivity index (χ3n) is 3.31. The zero-order valence-electron chi connectivity index (χ0n) is 13.3. The Labute approximate surface area is 150 Å². The molecule has 0 spiro atoms. The Bertz CT molecular complexity index is 909. The fourth-order valence-corrected chi connectivity index (χ4v) is 3.48. The molecule has 0 heterocycles. The molecule has 132 valence electrons. The number of carbonyl (C=O) groups is 1. The Morgan fingerprint density at radius 3 is 2.64 bits per heavy atom. The molecule has 0 aliphatic rings. The molecule has 0 bridgehead atoms. The fourth-order valence-electron chi connectivity index (χ4n) is 2.07. The number of ether oxygens (including phenoxy) is 1. The summed E-state index contributed by atoms with van der Waals surface area (Å²) in [5.74, 6) is -0.976. The van der Waals surface area contributed by atoms with Crippen LogP contribution in [0.2, 0.25) is 5.02 Å². The van der Waals surface area contributed by atoms with E-state index in [-0.39, 0.29) is 17.2 Å². The molecule has 0 aliphatic carbocycles. The average Bonchev–Trinajstić information content (AvgIpc) is 2.59. The Kier molecular flexibility index (Phi) is 6.19. The third-order valence-corrected chi connectivity index (χ3v) is 5.10. The monoisotopic (exact) mass is 381 g/mol. The van der Waals surface area contributed by atoms with Crippen molar-refractivity contribution in [2.45, 2.75) is 11.4 Å². The smallest absolute Gasteiger partial charge is 0.328 e. The van der Waals surface area contributed by atoms with Crippen LogP contribution in [0, 0.1) is 0 Å². The van der Waals surface area contributed by atoms with Crippen LogP contribution in [0.5, 0.6) is 5.75 Å². The van der Waals surface area contributed by atoms with E-state index in [1.165, 1.54) is 25.3 Å². The molecule has 0 aromatic heterocycles. The number of nitrogens with one attached hydrogen (secondary N) is 1. The molecule has 0 saturated heterocycles. The van der Waals surface area contributed by atoms with Crippen LogP contribution in [0.25, 0.3) is 6.08 Å². The van der Waals surface area contributed by atoms with Gasteiger partial charge in [-0.3, -0.25) is 0 Å². The minimum absolute atomic E-state index is 0.0142. The van der Waals surface area contributed by atoms with Crippen LogP contribution in [0.1, 0.15) is 11.1 Å². The zero-order valence-corrected chi connectivity index (χ0v) is 14.8. The molecule has 8 heteroatoms. The first-order chi connectivity index (χ1) is 11.8. The summed E-state index contributed by atoms with van der Waals surface area (Å²) in [4.78, 5) is 10.5. The Morgan fingerprint density at radius 2 is 2.00 bits per heavy atom. The Hall–Kier alpha value is -2.35. The molecule has 2 rings (SSSR count). The number of halogens is 1. The molecule has 0 atom stereocenters. The molecule has 0 aliphatic heterocycles. The summed E-state index contributed by atoms with van der Waals surface area (Å²) in [5, 5.41) is 9.14. The van der Waals surface area contributed by atoms with Crippen LogP contribution in [-0.4, -0.2) is 26.6 Å². The van der Waals surface area contributed by atoms with E-state index in [0.29, 0.717) is 16.1 Å². The predicted molar refractivity (Wildman–Crippen MR) is 95.1 cm³/mol. The zero-order chi connectivity index (χ0) is 18.4. The number of hydrogen-bond acceptors (Lipinski definition) is 4. The van der Waals surface area contributed by atoms with Gasteiger partial charge in [0.05, 0.1) is 7.11 Å². The van der Waals surface area contributed by atoms with E-state index in [9.17, 15) is 13.2 Å². The molecule has 0 fully saturated rings. The van der Waals surface area contributed by atoms with Crippen LogP contribution in [0.4, 0.5) is 0 Å². The molecule has 0 saturated carbocycles. The number of sulfonamides is 1. The molecule has 2 aromatic carbocycles. The summed E-state index contributed by atoms with van der Waals surface area (Å²) < 4.78 is 32.8. The second-order valence-corrected chi connectivity index (χ2v) is 7.14. The summed E-state index contributed by atoms with van der Waals surface area (Å²) in [5.41, 5.74) is 1.05. The molecule has 0 radical (unpaired) electrons. The molecular formula is C17H16ClNO5S. The SMILES string of the molecule is COc1ccc(/C=C/C(=O)O)cc1S(=O)(=O)NCc1ccccc1Cl. The number of carboxylic acids is 1. The van der Waals surface area contributed by atoms with Gasteiger partial charge in [0.2, 0.25) is 10.0 Å². The second kappa shape index (κ2) is 8.15. The van der Waals surface area contributed by atoms with Gasteiger partial charge >= 0.3 is 5.97 Å². The van der Waals surface area contributed by atoms with Gasteiger partial charge in [-0.05, 0) is 35.4 Å². The van der Waals surface area contributed by atoms with Gasteiger partial charge in [-0.1, -0.05) is 35.9 Å². The first-order valence-corrected chi connectivity index (χ1v) is 9.01. The maximum atomic E-state index is 12.6. The molecule has 2 aromatic rings. The lowest BCUT2D eigenvalue weighted by Gasteiger charge is -2.12. The summed E-state index contributed by atoms with van der Waals surface area (Å²) in [7, 11) is -2.54. The first-order valence-electron chi connectivity index (χ1n) is 7.15. The minimum atomic E-state index is -3.89. The molecule has 25 heavy (non-hydrogen) atoms. The van der Waals surface area contributed by atoms with E-state index >= 15 is 0 Å². The molecule has 6 nitrogen and oxygen atoms in total. The van der Waals surface area contributed by atoms with Crippen molar-refractivity contribution in [1.29, 1.82) is 0 Å². The molecular weight excluding hydrogens is 366 g/mol. The largest absolute Gasteiger partial charge is 0.495 e. The fraction of sp³-hybridized carbons (Fsp3) is 0.118. The van der Waals surface area contributed by atoms with Crippen molar-refractivity contribution >= 4 is 33.7 Å². The van der Waals surface area contributed by atoms with E-state index in [1.807, 2.05) is 0 Å². The standard InChI is InChI=1S/C17H16ClNO5S/c1-24-15-8-6-12(7-9-17(20)21)10-16(15)25(22,23)19-11-13-4-2-3-5-14(13)18/h2-10,19H,11H2,1H3,(H,20,21)/b9-7+. The van der Waals surface area contributed by atoms with Crippen molar-refractivity contribution in [3.05, 3.63) is 64.7 Å². The third kappa shape index (κ3) is 5.06. The highest BCUT2D eigenvalue weighted by molar-refractivity contribution is 7.89. The van der Waals surface area contributed by atoms with E-state index < -0.39 is 16.0 Å². The van der Waals surface area contributed by atoms with E-state index in [0.717, 1.165) is 6.08 Å². The lowest BCUT2D eigenvalue weighted by molar-refractivity contribution is -0.131. The van der Waals surface area contributed by atoms with Crippen molar-refractivity contribution < 1.29 is 23.1 Å². The van der Waals surface area contributed by atoms with Crippen LogP contribution < -0.4 is 9.46 Å². The predicted octanol–water partition coefficient (Wildman–Crippen LogP) is 2.92. The highest BCUT2D eigenvalue weighted by Gasteiger charge is 2.20. The second-order valence-electron chi connectivity index (χ2n) is 5.00. The van der Waals surface area contributed by atoms with Gasteiger partial charge in [-0.25, -0.2) is 17.9 Å². The van der Waals surface area contributed by atoms with Crippen molar-refractivity contribution in [2.24, 2.45) is 0 Å². The Balaban J connectivity index is 2.32. The van der Waals surface area contributed by atoms with Crippen molar-refractivity contribution in [1.82, 2.24) is 4.72 Å². The lowest BCUT2D eigenvalue weighted by atomic mass is 10.2. The number of carboxylic acid groups (broad SMARTS) is 1. The van der Waals surface area contributed by atoms with Crippen molar-refractivity contribution in [3.8, 4) is 5.75 Å². The van der Waals surface area contributed by atoms with Crippen molar-refractivity contribution in [2.75, 3.05) is 7.11 Å². The summed E-state index contributed by atoms with van der Waals surface area (Å²) in [6.07, 6.45) is 2.23. The summed E-state index contributed by atoms with van der Waals surface area (Å²) in [6.45, 7) is 0.0142. The number of benzene rings is 2. The van der Waals surface area contributed by atoms with Crippen LogP contribution in [0.15, 0.2) is 53.4 Å². The summed E-state index contributed by atoms with van der Waals surface area (Å²) >= 11 is 6.03. The van der Waals surface area contributed by atoms with Crippen molar-refractivity contribution in [3.63, 3.8) is 0 Å². The van der Waals surface area contributed by atoms with Crippen LogP contribution in [-0.2, 0) is 21.4 Å². The van der Waals surface area contributed by atoms with E-state index in [4.69, 9.17) is 21.4 Å². The maximum Gasteiger partial charge on any atom is 0.328 e. The molecule has 0 unspecified atom stereocenters. The quantitative estimate of drug-likeness (QED) is 0.719. The van der Waals surface area contributed by atoms with Gasteiger partial charge in [0.25, 0.3) is 0 Å². The van der Waals surface area contributed by atoms with Crippen LogP contribution in [0.3, 0.4) is 0 Å². The minimum Gasteiger partial charge on any atom is -0.495 e. The average molecular weight is 382 g/mol. The topological polar surface area (TPSA) is 92.7 Å². The number of aliphatic carboxylic acids is 1. The van der Waals surface area contributed by atoms with Gasteiger partial charge in [-0.2, -0.15) is 0 Å². The van der Waals surface area contributed by atoms with Crippen LogP contribution >= 0.6 is 11.6 Å². The first kappa shape index (κ1) is 19.0. The van der Waals surface area contributed by atoms with Gasteiger partial charge in [0.15, 0.2) is 0 Å². The number of hydrogen-bond donors (Lipinski definition) is 2. The Morgan fingerprint density at radius 1 is 1.28 bits per heavy atom. The molecule has 2 N–H and O–H groups in total. The highest BCUT2D eigenvalue weighted by Crippen LogP contribution is 2.26.